The SMILES string of the molecule is COCC1(O)CCC2C(=CCC3C2CCC2(C)C(C(=O)Cn4ncnn4)CCC32)C1. The van der Waals surface area contributed by atoms with Crippen molar-refractivity contribution in [3.8, 4) is 0 Å². The highest BCUT2D eigenvalue weighted by atomic mass is 16.5. The molecule has 1 N–H and O–H groups in total. The Morgan fingerprint density at radius 2 is 2.13 bits per heavy atom. The minimum atomic E-state index is -0.687. The van der Waals surface area contributed by atoms with E-state index in [4.69, 9.17) is 4.74 Å². The van der Waals surface area contributed by atoms with Gasteiger partial charge in [-0.1, -0.05) is 18.6 Å². The van der Waals surface area contributed by atoms with Crippen molar-refractivity contribution in [3.05, 3.63) is 18.0 Å². The van der Waals surface area contributed by atoms with Crippen LogP contribution >= 0.6 is 0 Å². The van der Waals surface area contributed by atoms with Gasteiger partial charge in [0.25, 0.3) is 0 Å². The van der Waals surface area contributed by atoms with Crippen LogP contribution in [0.25, 0.3) is 0 Å². The number of carbonyl (C=O) groups excluding carboxylic acids is 1. The Hall–Kier alpha value is -1.60. The third-order valence-corrected chi connectivity index (χ3v) is 9.08. The summed E-state index contributed by atoms with van der Waals surface area (Å²) in [6, 6.07) is 0. The Balaban J connectivity index is 1.33. The quantitative estimate of drug-likeness (QED) is 0.745. The number of carbonyl (C=O) groups is 1. The molecule has 1 aromatic heterocycles. The number of allylic oxidation sites excluding steroid dienone is 1. The highest BCUT2D eigenvalue weighted by Gasteiger charge is 2.57. The molecular formula is C23H34N4O3. The van der Waals surface area contributed by atoms with E-state index in [0.29, 0.717) is 30.3 Å². The van der Waals surface area contributed by atoms with Crippen molar-refractivity contribution in [1.29, 1.82) is 0 Å². The molecule has 1 aromatic rings. The number of Topliss-reactive ketones (excluding diaryl/α,β-unsaturated/α-hetero) is 1. The van der Waals surface area contributed by atoms with Crippen molar-refractivity contribution in [2.45, 2.75) is 70.4 Å². The van der Waals surface area contributed by atoms with Crippen LogP contribution in [0.1, 0.15) is 58.3 Å². The van der Waals surface area contributed by atoms with E-state index in [1.165, 1.54) is 23.1 Å². The summed E-state index contributed by atoms with van der Waals surface area (Å²) in [5.74, 6) is 2.99. The molecule has 7 unspecified atom stereocenters. The molecule has 7 atom stereocenters. The van der Waals surface area contributed by atoms with Crippen LogP contribution in [0.5, 0.6) is 0 Å². The fraction of sp³-hybridized carbons (Fsp3) is 0.826. The number of rotatable bonds is 5. The van der Waals surface area contributed by atoms with Gasteiger partial charge in [0, 0.05) is 13.0 Å². The average Bonchev–Trinajstić information content (AvgIpc) is 3.34. The minimum Gasteiger partial charge on any atom is -0.387 e. The highest BCUT2D eigenvalue weighted by molar-refractivity contribution is 5.81. The molecule has 3 saturated carbocycles. The van der Waals surface area contributed by atoms with Gasteiger partial charge in [-0.3, -0.25) is 4.79 Å². The Morgan fingerprint density at radius 3 is 2.90 bits per heavy atom. The summed E-state index contributed by atoms with van der Waals surface area (Å²) in [5, 5.41) is 22.5. The fourth-order valence-electron chi connectivity index (χ4n) is 7.80. The summed E-state index contributed by atoms with van der Waals surface area (Å²) in [5.41, 5.74) is 0.872. The maximum absolute atomic E-state index is 13.1. The average molecular weight is 415 g/mol. The number of tetrazole rings is 1. The van der Waals surface area contributed by atoms with Crippen LogP contribution in [-0.2, 0) is 16.1 Å². The monoisotopic (exact) mass is 414 g/mol. The van der Waals surface area contributed by atoms with E-state index in [1.54, 1.807) is 7.11 Å². The number of ether oxygens (including phenoxy) is 1. The van der Waals surface area contributed by atoms with Crippen LogP contribution in [0, 0.1) is 35.0 Å². The lowest BCUT2D eigenvalue weighted by atomic mass is 9.51. The summed E-state index contributed by atoms with van der Waals surface area (Å²) >= 11 is 0. The number of fused-ring (bicyclic) bond motifs is 5. The Kier molecular flexibility index (Phi) is 5.09. The molecule has 1 heterocycles. The molecule has 30 heavy (non-hydrogen) atoms. The Morgan fingerprint density at radius 1 is 1.27 bits per heavy atom. The number of hydrogen-bond acceptors (Lipinski definition) is 6. The van der Waals surface area contributed by atoms with E-state index in [-0.39, 0.29) is 23.7 Å². The van der Waals surface area contributed by atoms with Crippen molar-refractivity contribution in [2.75, 3.05) is 13.7 Å². The molecule has 4 aliphatic carbocycles. The zero-order valence-electron chi connectivity index (χ0n) is 18.2. The first kappa shape index (κ1) is 20.3. The first-order valence-electron chi connectivity index (χ1n) is 11.6. The van der Waals surface area contributed by atoms with Crippen LogP contribution in [0.3, 0.4) is 0 Å². The molecule has 0 bridgehead atoms. The smallest absolute Gasteiger partial charge is 0.162 e. The highest BCUT2D eigenvalue weighted by Crippen LogP contribution is 2.63. The Labute approximate surface area is 178 Å². The third-order valence-electron chi connectivity index (χ3n) is 9.08. The normalized spacial score (nSPS) is 42.8. The van der Waals surface area contributed by atoms with E-state index < -0.39 is 5.60 Å². The van der Waals surface area contributed by atoms with Crippen molar-refractivity contribution in [1.82, 2.24) is 20.2 Å². The molecule has 0 amide bonds. The van der Waals surface area contributed by atoms with Gasteiger partial charge in [0.05, 0.1) is 12.2 Å². The molecule has 3 fully saturated rings. The molecule has 7 nitrogen and oxygen atoms in total. The van der Waals surface area contributed by atoms with Gasteiger partial charge in [0.2, 0.25) is 0 Å². The molecule has 0 aromatic carbocycles. The van der Waals surface area contributed by atoms with Gasteiger partial charge < -0.3 is 9.84 Å². The Bertz CT molecular complexity index is 824. The molecule has 0 spiro atoms. The number of aliphatic hydroxyl groups is 1. The predicted molar refractivity (Wildman–Crippen MR) is 110 cm³/mol. The van der Waals surface area contributed by atoms with Gasteiger partial charge in [0.1, 0.15) is 6.54 Å². The number of methoxy groups -OCH3 is 1. The predicted octanol–water partition coefficient (Wildman–Crippen LogP) is 2.81. The fourth-order valence-corrected chi connectivity index (χ4v) is 7.80. The second kappa shape index (κ2) is 7.52. The largest absolute Gasteiger partial charge is 0.387 e. The summed E-state index contributed by atoms with van der Waals surface area (Å²) < 4.78 is 5.29. The van der Waals surface area contributed by atoms with Crippen LogP contribution in [0.15, 0.2) is 18.0 Å². The van der Waals surface area contributed by atoms with Gasteiger partial charge in [-0.2, -0.15) is 4.80 Å². The van der Waals surface area contributed by atoms with Crippen molar-refractivity contribution in [2.24, 2.45) is 35.0 Å². The van der Waals surface area contributed by atoms with E-state index in [0.717, 1.165) is 44.9 Å². The zero-order chi connectivity index (χ0) is 20.9. The molecule has 164 valence electrons. The van der Waals surface area contributed by atoms with E-state index in [9.17, 15) is 9.90 Å². The van der Waals surface area contributed by atoms with Gasteiger partial charge in [-0.05, 0) is 85.7 Å². The lowest BCUT2D eigenvalue weighted by molar-refractivity contribution is -0.130. The van der Waals surface area contributed by atoms with E-state index in [2.05, 4.69) is 28.4 Å². The molecule has 4 aliphatic rings. The van der Waals surface area contributed by atoms with Crippen LogP contribution in [0.4, 0.5) is 0 Å². The standard InChI is InChI=1S/C23H34N4O3/c1-22-9-7-17-16-8-10-23(29,13-30-2)11-15(16)3-4-18(17)19(22)5-6-20(22)21(28)12-27-25-14-24-26-27/h3,14,16-20,29H,4-13H2,1-2H3. The molecule has 7 heteroatoms. The van der Waals surface area contributed by atoms with Gasteiger partial charge in [-0.25, -0.2) is 0 Å². The molecule has 5 rings (SSSR count). The summed E-state index contributed by atoms with van der Waals surface area (Å²) in [7, 11) is 1.67. The number of ketones is 1. The van der Waals surface area contributed by atoms with E-state index in [1.807, 2.05) is 0 Å². The van der Waals surface area contributed by atoms with Gasteiger partial charge in [-0.15, -0.1) is 10.2 Å². The first-order valence-corrected chi connectivity index (χ1v) is 11.6. The number of hydrogen-bond donors (Lipinski definition) is 1. The van der Waals surface area contributed by atoms with Crippen LogP contribution in [-0.4, -0.2) is 50.4 Å². The maximum atomic E-state index is 13.1. The van der Waals surface area contributed by atoms with E-state index >= 15 is 0 Å². The summed E-state index contributed by atoms with van der Waals surface area (Å²) in [4.78, 5) is 14.5. The minimum absolute atomic E-state index is 0.0929. The lowest BCUT2D eigenvalue weighted by Crippen LogP contribution is -2.49. The zero-order valence-corrected chi connectivity index (χ0v) is 18.2. The third kappa shape index (κ3) is 3.25. The second-order valence-electron chi connectivity index (χ2n) is 10.5. The number of nitrogens with zero attached hydrogens (tertiary/aromatic N) is 4. The first-order chi connectivity index (χ1) is 14.4. The number of aromatic nitrogens is 4. The van der Waals surface area contributed by atoms with Crippen LogP contribution in [0.2, 0.25) is 0 Å². The van der Waals surface area contributed by atoms with Crippen molar-refractivity contribution < 1.29 is 14.6 Å². The lowest BCUT2D eigenvalue weighted by Gasteiger charge is -2.54. The van der Waals surface area contributed by atoms with Gasteiger partial charge in [0.15, 0.2) is 12.1 Å². The topological polar surface area (TPSA) is 90.1 Å². The van der Waals surface area contributed by atoms with Crippen LogP contribution < -0.4 is 0 Å². The van der Waals surface area contributed by atoms with Gasteiger partial charge >= 0.3 is 0 Å². The summed E-state index contributed by atoms with van der Waals surface area (Å²) in [6.07, 6.45) is 12.1. The second-order valence-corrected chi connectivity index (χ2v) is 10.5. The summed E-state index contributed by atoms with van der Waals surface area (Å²) in [6.45, 7) is 3.04. The van der Waals surface area contributed by atoms with Crippen molar-refractivity contribution >= 4 is 5.78 Å². The maximum Gasteiger partial charge on any atom is 0.162 e. The molecular weight excluding hydrogens is 380 g/mol. The molecule has 0 radical (unpaired) electrons. The molecule has 0 saturated heterocycles. The van der Waals surface area contributed by atoms with Crippen molar-refractivity contribution in [3.63, 3.8) is 0 Å². The molecule has 0 aliphatic heterocycles.